The normalized spacial score (nSPS) is 11.6. The van der Waals surface area contributed by atoms with Crippen LogP contribution in [-0.4, -0.2) is 15.1 Å². The second kappa shape index (κ2) is 5.31. The molecule has 0 unspecified atom stereocenters. The summed E-state index contributed by atoms with van der Waals surface area (Å²) in [7, 11) is 0. The minimum atomic E-state index is -4.43. The first kappa shape index (κ1) is 14.9. The molecule has 0 amide bonds. The summed E-state index contributed by atoms with van der Waals surface area (Å²) >= 11 is 0. The van der Waals surface area contributed by atoms with Crippen LogP contribution in [0.2, 0.25) is 0 Å². The molecule has 0 aliphatic rings. The van der Waals surface area contributed by atoms with Gasteiger partial charge >= 0.3 is 6.18 Å². The van der Waals surface area contributed by atoms with E-state index in [2.05, 4.69) is 15.3 Å². The van der Waals surface area contributed by atoms with E-state index in [1.54, 1.807) is 0 Å². The van der Waals surface area contributed by atoms with Crippen LogP contribution < -0.4 is 11.1 Å². The maximum atomic E-state index is 12.8. The molecule has 1 heterocycles. The average molecular weight is 320 g/mol. The van der Waals surface area contributed by atoms with E-state index in [9.17, 15) is 18.3 Å². The van der Waals surface area contributed by atoms with Gasteiger partial charge in [-0.1, -0.05) is 6.07 Å². The van der Waals surface area contributed by atoms with Gasteiger partial charge in [0.1, 0.15) is 17.9 Å². The SMILES string of the molecule is Nc1cc2c(Nc3cccc(C(F)(F)F)c3)ncnc2cc1O. The molecule has 1 aromatic heterocycles. The Morgan fingerprint density at radius 1 is 1.09 bits per heavy atom. The van der Waals surface area contributed by atoms with Gasteiger partial charge in [0.05, 0.1) is 16.8 Å². The van der Waals surface area contributed by atoms with Crippen molar-refractivity contribution in [2.75, 3.05) is 11.1 Å². The number of nitrogens with one attached hydrogen (secondary N) is 1. The molecular weight excluding hydrogens is 309 g/mol. The van der Waals surface area contributed by atoms with Crippen LogP contribution >= 0.6 is 0 Å². The number of hydrogen-bond acceptors (Lipinski definition) is 5. The zero-order valence-electron chi connectivity index (χ0n) is 11.6. The van der Waals surface area contributed by atoms with Crippen molar-refractivity contribution in [2.45, 2.75) is 6.18 Å². The Hall–Kier alpha value is -3.03. The first-order valence-corrected chi connectivity index (χ1v) is 6.52. The number of fused-ring (bicyclic) bond motifs is 1. The molecule has 23 heavy (non-hydrogen) atoms. The highest BCUT2D eigenvalue weighted by Crippen LogP contribution is 2.33. The van der Waals surface area contributed by atoms with E-state index in [1.807, 2.05) is 0 Å². The predicted octanol–water partition coefficient (Wildman–Crippen LogP) is 3.68. The molecule has 0 radical (unpaired) electrons. The van der Waals surface area contributed by atoms with E-state index in [4.69, 9.17) is 5.73 Å². The third kappa shape index (κ3) is 2.96. The third-order valence-corrected chi connectivity index (χ3v) is 3.24. The van der Waals surface area contributed by atoms with E-state index < -0.39 is 11.7 Å². The number of benzene rings is 2. The summed E-state index contributed by atoms with van der Waals surface area (Å²) in [6, 6.07) is 7.59. The van der Waals surface area contributed by atoms with E-state index in [-0.39, 0.29) is 17.1 Å². The van der Waals surface area contributed by atoms with Crippen LogP contribution in [0.15, 0.2) is 42.7 Å². The molecule has 2 aromatic carbocycles. The number of nitrogens with zero attached hydrogens (tertiary/aromatic N) is 2. The van der Waals surface area contributed by atoms with Crippen molar-refractivity contribution in [3.63, 3.8) is 0 Å². The molecular formula is C15H11F3N4O. The van der Waals surface area contributed by atoms with Gasteiger partial charge in [0, 0.05) is 17.1 Å². The number of anilines is 3. The molecule has 0 fully saturated rings. The second-order valence-electron chi connectivity index (χ2n) is 4.85. The average Bonchev–Trinajstić information content (AvgIpc) is 2.49. The fourth-order valence-corrected chi connectivity index (χ4v) is 2.12. The number of halogens is 3. The minimum Gasteiger partial charge on any atom is -0.506 e. The van der Waals surface area contributed by atoms with Crippen molar-refractivity contribution in [1.29, 1.82) is 0 Å². The topological polar surface area (TPSA) is 84.1 Å². The molecule has 4 N–H and O–H groups in total. The molecule has 3 aromatic rings. The Labute approximate surface area is 128 Å². The van der Waals surface area contributed by atoms with E-state index in [1.165, 1.54) is 30.6 Å². The van der Waals surface area contributed by atoms with Crippen LogP contribution in [0.25, 0.3) is 10.9 Å². The van der Waals surface area contributed by atoms with Gasteiger partial charge < -0.3 is 16.2 Å². The van der Waals surface area contributed by atoms with Gasteiger partial charge in [-0.3, -0.25) is 0 Å². The molecule has 0 saturated carbocycles. The quantitative estimate of drug-likeness (QED) is 0.495. The first-order chi connectivity index (χ1) is 10.8. The number of aromatic hydroxyl groups is 1. The summed E-state index contributed by atoms with van der Waals surface area (Å²) in [5.74, 6) is 0.169. The minimum absolute atomic E-state index is 0.124. The van der Waals surface area contributed by atoms with Crippen LogP contribution in [0.1, 0.15) is 5.56 Å². The number of phenolic OH excluding ortho intramolecular Hbond substituents is 1. The monoisotopic (exact) mass is 320 g/mol. The van der Waals surface area contributed by atoms with Crippen molar-refractivity contribution in [3.05, 3.63) is 48.3 Å². The largest absolute Gasteiger partial charge is 0.506 e. The lowest BCUT2D eigenvalue weighted by Crippen LogP contribution is -2.05. The van der Waals surface area contributed by atoms with Crippen LogP contribution in [0.5, 0.6) is 5.75 Å². The fraction of sp³-hybridized carbons (Fsp3) is 0.0667. The smallest absolute Gasteiger partial charge is 0.416 e. The van der Waals surface area contributed by atoms with Gasteiger partial charge in [0.25, 0.3) is 0 Å². The van der Waals surface area contributed by atoms with Crippen LogP contribution in [-0.2, 0) is 6.18 Å². The zero-order chi connectivity index (χ0) is 16.6. The maximum absolute atomic E-state index is 12.8. The van der Waals surface area contributed by atoms with E-state index in [0.29, 0.717) is 16.7 Å². The fourth-order valence-electron chi connectivity index (χ4n) is 2.12. The first-order valence-electron chi connectivity index (χ1n) is 6.52. The highest BCUT2D eigenvalue weighted by atomic mass is 19.4. The van der Waals surface area contributed by atoms with Crippen molar-refractivity contribution in [3.8, 4) is 5.75 Å². The van der Waals surface area contributed by atoms with Crippen LogP contribution in [0, 0.1) is 0 Å². The summed E-state index contributed by atoms with van der Waals surface area (Å²) in [6.07, 6.45) is -3.18. The molecule has 3 rings (SSSR count). The third-order valence-electron chi connectivity index (χ3n) is 3.24. The lowest BCUT2D eigenvalue weighted by atomic mass is 10.1. The van der Waals surface area contributed by atoms with Crippen molar-refractivity contribution < 1.29 is 18.3 Å². The lowest BCUT2D eigenvalue weighted by Gasteiger charge is -2.12. The Kier molecular flexibility index (Phi) is 3.44. The zero-order valence-corrected chi connectivity index (χ0v) is 11.6. The van der Waals surface area contributed by atoms with Gasteiger partial charge in [0.2, 0.25) is 0 Å². The van der Waals surface area contributed by atoms with Gasteiger partial charge in [-0.05, 0) is 24.3 Å². The number of hydrogen-bond donors (Lipinski definition) is 3. The van der Waals surface area contributed by atoms with Crippen LogP contribution in [0.3, 0.4) is 0 Å². The van der Waals surface area contributed by atoms with Gasteiger partial charge in [0.15, 0.2) is 0 Å². The van der Waals surface area contributed by atoms with Crippen molar-refractivity contribution in [1.82, 2.24) is 9.97 Å². The van der Waals surface area contributed by atoms with E-state index in [0.717, 1.165) is 12.1 Å². The number of rotatable bonds is 2. The summed E-state index contributed by atoms with van der Waals surface area (Å²) in [5, 5.41) is 12.9. The molecule has 0 spiro atoms. The summed E-state index contributed by atoms with van der Waals surface area (Å²) in [6.45, 7) is 0. The molecule has 0 aliphatic carbocycles. The molecule has 118 valence electrons. The Balaban J connectivity index is 2.04. The predicted molar refractivity (Wildman–Crippen MR) is 80.3 cm³/mol. The van der Waals surface area contributed by atoms with Crippen molar-refractivity contribution in [2.24, 2.45) is 0 Å². The van der Waals surface area contributed by atoms with E-state index >= 15 is 0 Å². The molecule has 0 aliphatic heterocycles. The number of alkyl halides is 3. The Bertz CT molecular complexity index is 880. The Morgan fingerprint density at radius 2 is 1.87 bits per heavy atom. The number of phenols is 1. The summed E-state index contributed by atoms with van der Waals surface area (Å²) in [5.41, 5.74) is 5.65. The molecule has 0 bridgehead atoms. The maximum Gasteiger partial charge on any atom is 0.416 e. The van der Waals surface area contributed by atoms with Gasteiger partial charge in [-0.2, -0.15) is 13.2 Å². The summed E-state index contributed by atoms with van der Waals surface area (Å²) < 4.78 is 38.3. The van der Waals surface area contributed by atoms with Crippen molar-refractivity contribution >= 4 is 28.1 Å². The standard InChI is InChI=1S/C15H11F3N4O/c16-15(17,18)8-2-1-3-9(4-8)22-14-10-5-11(19)13(23)6-12(10)20-7-21-14/h1-7,23H,19H2,(H,20,21,22). The molecule has 5 nitrogen and oxygen atoms in total. The molecule has 0 saturated heterocycles. The van der Waals surface area contributed by atoms with Crippen LogP contribution in [0.4, 0.5) is 30.4 Å². The highest BCUT2D eigenvalue weighted by Gasteiger charge is 2.30. The number of aromatic nitrogens is 2. The lowest BCUT2D eigenvalue weighted by molar-refractivity contribution is -0.137. The highest BCUT2D eigenvalue weighted by molar-refractivity contribution is 5.94. The number of nitrogens with two attached hydrogens (primary N) is 1. The van der Waals surface area contributed by atoms with Gasteiger partial charge in [-0.25, -0.2) is 9.97 Å². The second-order valence-corrected chi connectivity index (χ2v) is 4.85. The summed E-state index contributed by atoms with van der Waals surface area (Å²) in [4.78, 5) is 8.02. The Morgan fingerprint density at radius 3 is 2.61 bits per heavy atom. The molecule has 8 heteroatoms. The van der Waals surface area contributed by atoms with Gasteiger partial charge in [-0.15, -0.1) is 0 Å². The molecule has 0 atom stereocenters. The number of nitrogen functional groups attached to an aromatic ring is 1.